The monoisotopic (exact) mass is 261 g/mol. The van der Waals surface area contributed by atoms with Crippen molar-refractivity contribution in [2.24, 2.45) is 0 Å². The van der Waals surface area contributed by atoms with Gasteiger partial charge < -0.3 is 5.32 Å². The fourth-order valence-electron chi connectivity index (χ4n) is 1.16. The molecule has 1 aliphatic carbocycles. The topological polar surface area (TPSA) is 37.8 Å². The molecule has 3 nitrogen and oxygen atoms in total. The van der Waals surface area contributed by atoms with Crippen LogP contribution in [0.3, 0.4) is 0 Å². The van der Waals surface area contributed by atoms with Gasteiger partial charge in [0.1, 0.15) is 0 Å². The summed E-state index contributed by atoms with van der Waals surface area (Å²) in [5.74, 6) is 1.14. The van der Waals surface area contributed by atoms with E-state index in [-0.39, 0.29) is 0 Å². The van der Waals surface area contributed by atoms with E-state index in [2.05, 4.69) is 15.5 Å². The molecule has 1 aromatic heterocycles. The number of hydrogen-bond donors (Lipinski definition) is 1. The quantitative estimate of drug-likeness (QED) is 0.603. The summed E-state index contributed by atoms with van der Waals surface area (Å²) < 4.78 is 2.17. The zero-order valence-electron chi connectivity index (χ0n) is 8.73. The lowest BCUT2D eigenvalue weighted by atomic mass is 10.5. The highest BCUT2D eigenvalue weighted by atomic mass is 32.2. The number of aromatic nitrogens is 2. The van der Waals surface area contributed by atoms with Gasteiger partial charge in [-0.3, -0.25) is 0 Å². The third-order valence-electron chi connectivity index (χ3n) is 2.12. The van der Waals surface area contributed by atoms with Crippen LogP contribution < -0.4 is 5.32 Å². The van der Waals surface area contributed by atoms with Crippen molar-refractivity contribution in [1.29, 1.82) is 0 Å². The molecule has 0 bridgehead atoms. The van der Waals surface area contributed by atoms with Gasteiger partial charge in [-0.15, -0.1) is 10.2 Å². The Hall–Kier alpha value is 0.220. The molecule has 6 heteroatoms. The van der Waals surface area contributed by atoms with E-state index in [4.69, 9.17) is 0 Å². The predicted octanol–water partition coefficient (Wildman–Crippen LogP) is 2.49. The van der Waals surface area contributed by atoms with E-state index >= 15 is 0 Å². The molecule has 1 aliphatic rings. The van der Waals surface area contributed by atoms with Crippen LogP contribution >= 0.6 is 34.9 Å². The first-order valence-electron chi connectivity index (χ1n) is 5.12. The number of nitrogens with zero attached hydrogens (tertiary/aromatic N) is 2. The van der Waals surface area contributed by atoms with E-state index in [9.17, 15) is 0 Å². The fourth-order valence-corrected chi connectivity index (χ4v) is 3.61. The van der Waals surface area contributed by atoms with Crippen LogP contribution in [0.15, 0.2) is 8.68 Å². The van der Waals surface area contributed by atoms with Crippen LogP contribution in [0, 0.1) is 0 Å². The molecule has 0 aromatic carbocycles. The van der Waals surface area contributed by atoms with Crippen LogP contribution in [0.25, 0.3) is 0 Å². The molecular formula is C9H15N3S3. The van der Waals surface area contributed by atoms with E-state index in [1.54, 1.807) is 23.1 Å². The fraction of sp³-hybridized carbons (Fsp3) is 0.778. The second kappa shape index (κ2) is 6.08. The zero-order chi connectivity index (χ0) is 10.5. The summed E-state index contributed by atoms with van der Waals surface area (Å²) >= 11 is 5.18. The summed E-state index contributed by atoms with van der Waals surface area (Å²) in [5.41, 5.74) is 0. The van der Waals surface area contributed by atoms with E-state index in [1.165, 1.54) is 19.3 Å². The third-order valence-corrected chi connectivity index (χ3v) is 5.24. The summed E-state index contributed by atoms with van der Waals surface area (Å²) in [7, 11) is 0. The van der Waals surface area contributed by atoms with Gasteiger partial charge in [0.05, 0.1) is 0 Å². The Kier molecular flexibility index (Phi) is 4.74. The minimum atomic E-state index is 0.833. The van der Waals surface area contributed by atoms with Gasteiger partial charge in [0, 0.05) is 11.8 Å². The van der Waals surface area contributed by atoms with Crippen LogP contribution in [0.1, 0.15) is 19.3 Å². The second-order valence-electron chi connectivity index (χ2n) is 3.47. The molecule has 84 valence electrons. The SMILES string of the molecule is CSc1nnc(SCCCNC2CC2)s1. The molecule has 1 N–H and O–H groups in total. The molecule has 1 heterocycles. The lowest BCUT2D eigenvalue weighted by Gasteiger charge is -2.00. The van der Waals surface area contributed by atoms with Crippen LogP contribution in [-0.4, -0.2) is 34.8 Å². The first kappa shape index (κ1) is 11.7. The van der Waals surface area contributed by atoms with Gasteiger partial charge in [-0.2, -0.15) is 0 Å². The molecule has 0 unspecified atom stereocenters. The van der Waals surface area contributed by atoms with Gasteiger partial charge in [0.25, 0.3) is 0 Å². The van der Waals surface area contributed by atoms with Gasteiger partial charge in [0.2, 0.25) is 0 Å². The summed E-state index contributed by atoms with van der Waals surface area (Å²) in [6, 6.07) is 0.833. The van der Waals surface area contributed by atoms with Crippen LogP contribution in [0.2, 0.25) is 0 Å². The maximum atomic E-state index is 4.12. The highest BCUT2D eigenvalue weighted by Crippen LogP contribution is 2.27. The van der Waals surface area contributed by atoms with E-state index in [0.29, 0.717) is 0 Å². The molecule has 0 saturated heterocycles. The van der Waals surface area contributed by atoms with Crippen LogP contribution in [0.5, 0.6) is 0 Å². The predicted molar refractivity (Wildman–Crippen MR) is 68.1 cm³/mol. The number of rotatable bonds is 7. The molecule has 15 heavy (non-hydrogen) atoms. The molecule has 0 radical (unpaired) electrons. The lowest BCUT2D eigenvalue weighted by molar-refractivity contribution is 0.674. The molecule has 0 spiro atoms. The molecule has 0 aliphatic heterocycles. The van der Waals surface area contributed by atoms with Gasteiger partial charge in [-0.1, -0.05) is 34.9 Å². The first-order valence-corrected chi connectivity index (χ1v) is 8.15. The molecular weight excluding hydrogens is 246 g/mol. The Labute approximate surface area is 103 Å². The Morgan fingerprint density at radius 3 is 2.87 bits per heavy atom. The van der Waals surface area contributed by atoms with Crippen molar-refractivity contribution in [3.05, 3.63) is 0 Å². The number of nitrogens with one attached hydrogen (secondary N) is 1. The van der Waals surface area contributed by atoms with E-state index < -0.39 is 0 Å². The van der Waals surface area contributed by atoms with Gasteiger partial charge in [-0.05, 0) is 32.1 Å². The summed E-state index contributed by atoms with van der Waals surface area (Å²) in [5, 5.41) is 11.7. The standard InChI is InChI=1S/C9H15N3S3/c1-13-8-11-12-9(15-8)14-6-2-5-10-7-3-4-7/h7,10H,2-6H2,1H3. The van der Waals surface area contributed by atoms with Crippen molar-refractivity contribution in [3.8, 4) is 0 Å². The summed E-state index contributed by atoms with van der Waals surface area (Å²) in [4.78, 5) is 0. The minimum Gasteiger partial charge on any atom is -0.314 e. The normalized spacial score (nSPS) is 15.8. The Bertz CT molecular complexity index is 299. The molecule has 2 rings (SSSR count). The van der Waals surface area contributed by atoms with Crippen molar-refractivity contribution in [3.63, 3.8) is 0 Å². The first-order chi connectivity index (χ1) is 7.38. The maximum absolute atomic E-state index is 4.12. The van der Waals surface area contributed by atoms with Crippen LogP contribution in [-0.2, 0) is 0 Å². The largest absolute Gasteiger partial charge is 0.314 e. The highest BCUT2D eigenvalue weighted by Gasteiger charge is 2.19. The minimum absolute atomic E-state index is 0.833. The number of thioether (sulfide) groups is 2. The highest BCUT2D eigenvalue weighted by molar-refractivity contribution is 8.02. The summed E-state index contributed by atoms with van der Waals surface area (Å²) in [6.45, 7) is 1.14. The van der Waals surface area contributed by atoms with Crippen molar-refractivity contribution >= 4 is 34.9 Å². The molecule has 1 aromatic rings. The molecule has 0 atom stereocenters. The molecule has 1 saturated carbocycles. The van der Waals surface area contributed by atoms with Crippen molar-refractivity contribution in [1.82, 2.24) is 15.5 Å². The molecule has 0 amide bonds. The Morgan fingerprint density at radius 2 is 2.20 bits per heavy atom. The Morgan fingerprint density at radius 1 is 1.40 bits per heavy atom. The number of hydrogen-bond acceptors (Lipinski definition) is 6. The third kappa shape index (κ3) is 4.30. The van der Waals surface area contributed by atoms with Crippen molar-refractivity contribution < 1.29 is 0 Å². The van der Waals surface area contributed by atoms with E-state index in [0.717, 1.165) is 27.0 Å². The smallest absolute Gasteiger partial charge is 0.175 e. The average Bonchev–Trinajstić information content (AvgIpc) is 2.96. The molecule has 1 fully saturated rings. The zero-order valence-corrected chi connectivity index (χ0v) is 11.2. The van der Waals surface area contributed by atoms with E-state index in [1.807, 2.05) is 18.0 Å². The second-order valence-corrected chi connectivity index (χ2v) is 6.84. The van der Waals surface area contributed by atoms with Crippen LogP contribution in [0.4, 0.5) is 0 Å². The average molecular weight is 261 g/mol. The van der Waals surface area contributed by atoms with Gasteiger partial charge >= 0.3 is 0 Å². The lowest BCUT2D eigenvalue weighted by Crippen LogP contribution is -2.17. The maximum Gasteiger partial charge on any atom is 0.175 e. The van der Waals surface area contributed by atoms with Gasteiger partial charge in [0.15, 0.2) is 8.68 Å². The van der Waals surface area contributed by atoms with Gasteiger partial charge in [-0.25, -0.2) is 0 Å². The van der Waals surface area contributed by atoms with Crippen molar-refractivity contribution in [2.75, 3.05) is 18.6 Å². The summed E-state index contributed by atoms with van der Waals surface area (Å²) in [6.07, 6.45) is 6.01. The Balaban J connectivity index is 1.56. The van der Waals surface area contributed by atoms with Crippen molar-refractivity contribution in [2.45, 2.75) is 34.0 Å².